The SMILES string of the molecule is C/C(=N\NC(=O)CCCCC(=O)N/N=C(\C)c1ccc([N+](=O)[O-])cc1)c1ccc([N+](=O)[O-])cc1. The van der Waals surface area contributed by atoms with Crippen molar-refractivity contribution in [2.45, 2.75) is 39.5 Å². The third-order valence-corrected chi connectivity index (χ3v) is 4.75. The molecular formula is C22H24N6O6. The van der Waals surface area contributed by atoms with Gasteiger partial charge in [-0.25, -0.2) is 10.9 Å². The molecule has 12 nitrogen and oxygen atoms in total. The van der Waals surface area contributed by atoms with E-state index in [1.165, 1.54) is 24.3 Å². The first-order valence-electron chi connectivity index (χ1n) is 10.3. The van der Waals surface area contributed by atoms with Crippen LogP contribution in [0.4, 0.5) is 11.4 Å². The Bertz CT molecular complexity index is 1020. The molecule has 2 aromatic rings. The van der Waals surface area contributed by atoms with Gasteiger partial charge in [-0.1, -0.05) is 0 Å². The highest BCUT2D eigenvalue weighted by molar-refractivity contribution is 6.00. The topological polar surface area (TPSA) is 169 Å². The minimum atomic E-state index is -0.495. The van der Waals surface area contributed by atoms with Crippen molar-refractivity contribution in [1.29, 1.82) is 0 Å². The summed E-state index contributed by atoms with van der Waals surface area (Å²) in [6.45, 7) is 3.34. The van der Waals surface area contributed by atoms with Gasteiger partial charge in [-0.3, -0.25) is 29.8 Å². The summed E-state index contributed by atoms with van der Waals surface area (Å²) in [6, 6.07) is 11.6. The van der Waals surface area contributed by atoms with E-state index in [4.69, 9.17) is 0 Å². The number of nitro benzene ring substituents is 2. The van der Waals surface area contributed by atoms with Gasteiger partial charge in [0.1, 0.15) is 0 Å². The number of hydrazone groups is 2. The lowest BCUT2D eigenvalue weighted by Crippen LogP contribution is -2.20. The molecule has 0 saturated carbocycles. The molecule has 12 heteroatoms. The van der Waals surface area contributed by atoms with E-state index in [9.17, 15) is 29.8 Å². The fourth-order valence-corrected chi connectivity index (χ4v) is 2.75. The molecule has 0 aromatic heterocycles. The van der Waals surface area contributed by atoms with E-state index in [-0.39, 0.29) is 36.0 Å². The zero-order chi connectivity index (χ0) is 25.1. The fourth-order valence-electron chi connectivity index (χ4n) is 2.75. The van der Waals surface area contributed by atoms with Gasteiger partial charge < -0.3 is 0 Å². The summed E-state index contributed by atoms with van der Waals surface area (Å²) in [6.07, 6.45) is 1.29. The summed E-state index contributed by atoms with van der Waals surface area (Å²) in [5.74, 6) is -0.623. The molecule has 0 heterocycles. The van der Waals surface area contributed by atoms with Crippen LogP contribution >= 0.6 is 0 Å². The van der Waals surface area contributed by atoms with E-state index in [1.807, 2.05) is 0 Å². The molecule has 0 unspecified atom stereocenters. The van der Waals surface area contributed by atoms with Crippen LogP contribution in [0.25, 0.3) is 0 Å². The lowest BCUT2D eigenvalue weighted by molar-refractivity contribution is -0.385. The van der Waals surface area contributed by atoms with Crippen molar-refractivity contribution in [2.75, 3.05) is 0 Å². The number of hydrogen-bond donors (Lipinski definition) is 2. The average Bonchev–Trinajstić information content (AvgIpc) is 2.83. The van der Waals surface area contributed by atoms with E-state index in [0.717, 1.165) is 0 Å². The first-order chi connectivity index (χ1) is 16.2. The Morgan fingerprint density at radius 2 is 1.03 bits per heavy atom. The molecule has 0 saturated heterocycles. The van der Waals surface area contributed by atoms with Crippen molar-refractivity contribution in [1.82, 2.24) is 10.9 Å². The molecule has 2 N–H and O–H groups in total. The number of hydrogen-bond acceptors (Lipinski definition) is 8. The van der Waals surface area contributed by atoms with Crippen LogP contribution in [-0.4, -0.2) is 33.1 Å². The summed E-state index contributed by atoms with van der Waals surface area (Å²) in [5, 5.41) is 29.3. The summed E-state index contributed by atoms with van der Waals surface area (Å²) < 4.78 is 0. The summed E-state index contributed by atoms with van der Waals surface area (Å²) in [5.41, 5.74) is 7.09. The molecule has 0 bridgehead atoms. The Morgan fingerprint density at radius 3 is 1.32 bits per heavy atom. The molecule has 0 spiro atoms. The van der Waals surface area contributed by atoms with E-state index >= 15 is 0 Å². The number of amides is 2. The standard InChI is InChI=1S/C22H24N6O6/c1-15(17-7-11-19(12-8-17)27(31)32)23-25-21(29)5-3-4-6-22(30)26-24-16(2)18-9-13-20(14-10-18)28(33)34/h7-14H,3-6H2,1-2H3,(H,25,29)(H,26,30)/b23-15+,24-16+. The van der Waals surface area contributed by atoms with Gasteiger partial charge in [0, 0.05) is 37.1 Å². The summed E-state index contributed by atoms with van der Waals surface area (Å²) in [4.78, 5) is 44.2. The molecule has 0 aliphatic carbocycles. The van der Waals surface area contributed by atoms with Crippen LogP contribution in [0.3, 0.4) is 0 Å². The zero-order valence-electron chi connectivity index (χ0n) is 18.7. The molecular weight excluding hydrogens is 444 g/mol. The highest BCUT2D eigenvalue weighted by Gasteiger charge is 2.08. The number of benzene rings is 2. The molecule has 2 amide bonds. The molecule has 178 valence electrons. The molecule has 0 aliphatic heterocycles. The predicted octanol–water partition coefficient (Wildman–Crippen LogP) is 3.44. The number of carbonyl (C=O) groups excluding carboxylic acids is 2. The smallest absolute Gasteiger partial charge is 0.269 e. The number of rotatable bonds is 11. The minimum absolute atomic E-state index is 0.0307. The van der Waals surface area contributed by atoms with Crippen LogP contribution in [0.2, 0.25) is 0 Å². The first kappa shape index (κ1) is 25.8. The third kappa shape index (κ3) is 8.22. The molecule has 0 fully saturated rings. The van der Waals surface area contributed by atoms with Crippen molar-refractivity contribution in [3.05, 3.63) is 79.9 Å². The zero-order valence-corrected chi connectivity index (χ0v) is 18.7. The van der Waals surface area contributed by atoms with Crippen LogP contribution in [-0.2, 0) is 9.59 Å². The Labute approximate surface area is 195 Å². The highest BCUT2D eigenvalue weighted by atomic mass is 16.6. The molecule has 0 radical (unpaired) electrons. The highest BCUT2D eigenvalue weighted by Crippen LogP contribution is 2.13. The molecule has 34 heavy (non-hydrogen) atoms. The van der Waals surface area contributed by atoms with E-state index in [1.54, 1.807) is 38.1 Å². The molecule has 0 atom stereocenters. The quantitative estimate of drug-likeness (QED) is 0.221. The fraction of sp³-hybridized carbons (Fsp3) is 0.273. The average molecular weight is 468 g/mol. The van der Waals surface area contributed by atoms with Crippen LogP contribution in [0.5, 0.6) is 0 Å². The van der Waals surface area contributed by atoms with Crippen molar-refractivity contribution >= 4 is 34.6 Å². The second-order valence-electron chi connectivity index (χ2n) is 7.28. The van der Waals surface area contributed by atoms with Crippen molar-refractivity contribution in [3.63, 3.8) is 0 Å². The maximum absolute atomic E-state index is 11.9. The van der Waals surface area contributed by atoms with Crippen molar-refractivity contribution < 1.29 is 19.4 Å². The minimum Gasteiger partial charge on any atom is -0.273 e. The summed E-state index contributed by atoms with van der Waals surface area (Å²) >= 11 is 0. The van der Waals surface area contributed by atoms with Gasteiger partial charge >= 0.3 is 0 Å². The van der Waals surface area contributed by atoms with E-state index < -0.39 is 9.85 Å². The number of nitrogens with zero attached hydrogens (tertiary/aromatic N) is 4. The number of nitro groups is 2. The number of non-ortho nitro benzene ring substituents is 2. The Morgan fingerprint density at radius 1 is 0.706 bits per heavy atom. The Hall–Kier alpha value is -4.48. The number of nitrogens with one attached hydrogen (secondary N) is 2. The molecule has 2 aromatic carbocycles. The molecule has 0 aliphatic rings. The van der Waals surface area contributed by atoms with Gasteiger partial charge in [-0.15, -0.1) is 0 Å². The normalized spacial score (nSPS) is 11.6. The van der Waals surface area contributed by atoms with Gasteiger partial charge in [0.05, 0.1) is 21.3 Å². The van der Waals surface area contributed by atoms with E-state index in [2.05, 4.69) is 21.1 Å². The second kappa shape index (κ2) is 12.5. The van der Waals surface area contributed by atoms with Gasteiger partial charge in [-0.2, -0.15) is 10.2 Å². The maximum atomic E-state index is 11.9. The van der Waals surface area contributed by atoms with Crippen molar-refractivity contribution in [3.8, 4) is 0 Å². The Balaban J connectivity index is 1.70. The van der Waals surface area contributed by atoms with Crippen LogP contribution in [0.1, 0.15) is 50.7 Å². The van der Waals surface area contributed by atoms with Gasteiger partial charge in [0.15, 0.2) is 0 Å². The Kier molecular flexibility index (Phi) is 9.50. The lowest BCUT2D eigenvalue weighted by Gasteiger charge is -2.04. The van der Waals surface area contributed by atoms with Gasteiger partial charge in [-0.05, 0) is 62.1 Å². The van der Waals surface area contributed by atoms with E-state index in [0.29, 0.717) is 35.4 Å². The van der Waals surface area contributed by atoms with Gasteiger partial charge in [0.2, 0.25) is 11.8 Å². The lowest BCUT2D eigenvalue weighted by atomic mass is 10.1. The third-order valence-electron chi connectivity index (χ3n) is 4.75. The maximum Gasteiger partial charge on any atom is 0.269 e. The predicted molar refractivity (Wildman–Crippen MR) is 125 cm³/mol. The van der Waals surface area contributed by atoms with Crippen LogP contribution in [0.15, 0.2) is 58.7 Å². The van der Waals surface area contributed by atoms with Crippen molar-refractivity contribution in [2.24, 2.45) is 10.2 Å². The van der Waals surface area contributed by atoms with Crippen LogP contribution < -0.4 is 10.9 Å². The molecule has 2 rings (SSSR count). The van der Waals surface area contributed by atoms with Crippen LogP contribution in [0, 0.1) is 20.2 Å². The second-order valence-corrected chi connectivity index (χ2v) is 7.28. The van der Waals surface area contributed by atoms with Gasteiger partial charge in [0.25, 0.3) is 11.4 Å². The largest absolute Gasteiger partial charge is 0.273 e. The number of unbranched alkanes of at least 4 members (excludes halogenated alkanes) is 1. The summed E-state index contributed by atoms with van der Waals surface area (Å²) in [7, 11) is 0. The first-order valence-corrected chi connectivity index (χ1v) is 10.3. The number of carbonyl (C=O) groups is 2. The monoisotopic (exact) mass is 468 g/mol.